The first-order valence-electron chi connectivity index (χ1n) is 13.7. The van der Waals surface area contributed by atoms with Crippen molar-refractivity contribution >= 4 is 46.8 Å². The van der Waals surface area contributed by atoms with E-state index in [1.807, 2.05) is 65.4 Å². The Labute approximate surface area is 240 Å². The number of halogens is 1. The molecule has 3 aromatic heterocycles. The Hall–Kier alpha value is -3.60. The average Bonchev–Trinajstić information content (AvgIpc) is 3.65. The van der Waals surface area contributed by atoms with Gasteiger partial charge in [0, 0.05) is 44.5 Å². The number of aromatic nitrogens is 5. The molecule has 5 rings (SSSR count). The zero-order chi connectivity index (χ0) is 28.8. The highest BCUT2D eigenvalue weighted by Crippen LogP contribution is 2.44. The van der Waals surface area contributed by atoms with Crippen molar-refractivity contribution in [3.05, 3.63) is 40.3 Å². The number of hydrogen-bond acceptors (Lipinski definition) is 9. The highest BCUT2D eigenvalue weighted by molar-refractivity contribution is 6.32. The first kappa shape index (κ1) is 27.9. The van der Waals surface area contributed by atoms with Crippen molar-refractivity contribution in [2.75, 3.05) is 35.2 Å². The molecule has 0 bridgehead atoms. The van der Waals surface area contributed by atoms with Gasteiger partial charge in [0.1, 0.15) is 11.4 Å². The first-order chi connectivity index (χ1) is 18.9. The van der Waals surface area contributed by atoms with Gasteiger partial charge in [-0.15, -0.1) is 0 Å². The second-order valence-corrected chi connectivity index (χ2v) is 12.1. The van der Waals surface area contributed by atoms with E-state index in [-0.39, 0.29) is 12.1 Å². The molecule has 2 fully saturated rings. The molecule has 40 heavy (non-hydrogen) atoms. The molecule has 2 aliphatic rings. The van der Waals surface area contributed by atoms with Crippen LogP contribution in [-0.2, 0) is 11.8 Å². The molecule has 11 nitrogen and oxygen atoms in total. The summed E-state index contributed by atoms with van der Waals surface area (Å²) in [5.74, 6) is 2.86. The number of anilines is 5. The first-order valence-corrected chi connectivity index (χ1v) is 14.1. The minimum Gasteiger partial charge on any atom is -0.444 e. The molecule has 1 aliphatic carbocycles. The SMILES string of the molecule is Cc1nc(Nc2ncc(N3CCN(C(=O)OC(C)(C)C)[C@H](C)C3)c(Nc3cc(C)n(C)n3)n2)cc(C2CC2)c1Cl. The number of aryl methyl sites for hydroxylation is 3. The van der Waals surface area contributed by atoms with Gasteiger partial charge in [-0.3, -0.25) is 4.68 Å². The summed E-state index contributed by atoms with van der Waals surface area (Å²) in [4.78, 5) is 30.8. The van der Waals surface area contributed by atoms with Crippen LogP contribution in [0.1, 0.15) is 63.4 Å². The van der Waals surface area contributed by atoms with Crippen molar-refractivity contribution in [1.82, 2.24) is 29.6 Å². The molecular formula is C28H38ClN9O2. The molecule has 1 atom stereocenters. The van der Waals surface area contributed by atoms with Crippen LogP contribution in [0.4, 0.5) is 33.9 Å². The average molecular weight is 568 g/mol. The Bertz CT molecular complexity index is 1390. The summed E-state index contributed by atoms with van der Waals surface area (Å²) in [6.07, 6.45) is 3.79. The second-order valence-electron chi connectivity index (χ2n) is 11.7. The highest BCUT2D eigenvalue weighted by atomic mass is 35.5. The monoisotopic (exact) mass is 567 g/mol. The summed E-state index contributed by atoms with van der Waals surface area (Å²) >= 11 is 6.53. The van der Waals surface area contributed by atoms with Crippen molar-refractivity contribution in [1.29, 1.82) is 0 Å². The van der Waals surface area contributed by atoms with Gasteiger partial charge in [-0.1, -0.05) is 11.6 Å². The predicted octanol–water partition coefficient (Wildman–Crippen LogP) is 5.69. The number of rotatable bonds is 6. The molecule has 2 N–H and O–H groups in total. The lowest BCUT2D eigenvalue weighted by atomic mass is 10.1. The lowest BCUT2D eigenvalue weighted by Gasteiger charge is -2.41. The number of nitrogens with one attached hydrogen (secondary N) is 2. The van der Waals surface area contributed by atoms with Crippen LogP contribution in [0.15, 0.2) is 18.3 Å². The number of ether oxygens (including phenoxy) is 1. The zero-order valence-electron chi connectivity index (χ0n) is 24.2. The van der Waals surface area contributed by atoms with Gasteiger partial charge in [-0.25, -0.2) is 14.8 Å². The van der Waals surface area contributed by atoms with Crippen LogP contribution in [-0.4, -0.2) is 67.0 Å². The third-order valence-electron chi connectivity index (χ3n) is 7.13. The van der Waals surface area contributed by atoms with E-state index in [4.69, 9.17) is 21.3 Å². The summed E-state index contributed by atoms with van der Waals surface area (Å²) in [6.45, 7) is 13.3. The fourth-order valence-electron chi connectivity index (χ4n) is 4.82. The van der Waals surface area contributed by atoms with Gasteiger partial charge < -0.3 is 25.2 Å². The van der Waals surface area contributed by atoms with Crippen LogP contribution in [0.5, 0.6) is 0 Å². The molecule has 1 amide bonds. The van der Waals surface area contributed by atoms with Crippen LogP contribution in [0.25, 0.3) is 0 Å². The normalized spacial score (nSPS) is 17.6. The fraction of sp³-hybridized carbons (Fsp3) is 0.536. The Morgan fingerprint density at radius 2 is 1.85 bits per heavy atom. The van der Waals surface area contributed by atoms with Crippen LogP contribution in [0.2, 0.25) is 5.02 Å². The van der Waals surface area contributed by atoms with Crippen molar-refractivity contribution in [2.45, 2.75) is 71.9 Å². The Kier molecular flexibility index (Phi) is 7.52. The zero-order valence-corrected chi connectivity index (χ0v) is 25.0. The topological polar surface area (TPSA) is 113 Å². The van der Waals surface area contributed by atoms with Crippen molar-refractivity contribution in [3.8, 4) is 0 Å². The molecule has 214 valence electrons. The maximum atomic E-state index is 12.8. The van der Waals surface area contributed by atoms with Gasteiger partial charge in [-0.05, 0) is 71.9 Å². The standard InChI is InChI=1S/C28H38ClN9O2/c1-16-12-23(35-36(16)7)32-25-21(37-10-11-38(17(2)15-37)27(39)40-28(4,5)6)14-30-26(34-25)33-22-13-20(19-8-9-19)24(29)18(3)31-22/h12-14,17,19H,8-11,15H2,1-7H3,(H2,30,31,32,33,34,35)/t17-/m1/s1. The number of nitrogens with zero attached hydrogens (tertiary/aromatic N) is 7. The number of carbonyl (C=O) groups is 1. The van der Waals surface area contributed by atoms with Gasteiger partial charge in [0.2, 0.25) is 5.95 Å². The molecule has 0 spiro atoms. The van der Waals surface area contributed by atoms with Gasteiger partial charge in [0.05, 0.1) is 22.6 Å². The van der Waals surface area contributed by atoms with E-state index in [0.29, 0.717) is 49.0 Å². The number of pyridine rings is 1. The van der Waals surface area contributed by atoms with Gasteiger partial charge >= 0.3 is 6.09 Å². The van der Waals surface area contributed by atoms with E-state index < -0.39 is 5.60 Å². The third-order valence-corrected chi connectivity index (χ3v) is 7.63. The minimum atomic E-state index is -0.542. The van der Waals surface area contributed by atoms with Gasteiger partial charge in [0.15, 0.2) is 11.6 Å². The quantitative estimate of drug-likeness (QED) is 0.388. The second kappa shape index (κ2) is 10.8. The van der Waals surface area contributed by atoms with E-state index in [1.165, 1.54) is 0 Å². The van der Waals surface area contributed by atoms with Gasteiger partial charge in [-0.2, -0.15) is 10.1 Å². The molecular weight excluding hydrogens is 530 g/mol. The molecule has 1 saturated heterocycles. The molecule has 0 aromatic carbocycles. The van der Waals surface area contributed by atoms with Crippen molar-refractivity contribution in [3.63, 3.8) is 0 Å². The van der Waals surface area contributed by atoms with E-state index >= 15 is 0 Å². The van der Waals surface area contributed by atoms with Crippen LogP contribution in [0.3, 0.4) is 0 Å². The molecule has 1 saturated carbocycles. The summed E-state index contributed by atoms with van der Waals surface area (Å²) in [6, 6.07) is 3.90. The van der Waals surface area contributed by atoms with Gasteiger partial charge in [0.25, 0.3) is 0 Å². The lowest BCUT2D eigenvalue weighted by Crippen LogP contribution is -2.55. The Morgan fingerprint density at radius 3 is 2.48 bits per heavy atom. The van der Waals surface area contributed by atoms with E-state index in [2.05, 4.69) is 30.6 Å². The highest BCUT2D eigenvalue weighted by Gasteiger charge is 2.32. The summed E-state index contributed by atoms with van der Waals surface area (Å²) < 4.78 is 7.43. The van der Waals surface area contributed by atoms with Crippen molar-refractivity contribution < 1.29 is 9.53 Å². The molecule has 0 radical (unpaired) electrons. The van der Waals surface area contributed by atoms with Crippen LogP contribution < -0.4 is 15.5 Å². The smallest absolute Gasteiger partial charge is 0.410 e. The molecule has 3 aromatic rings. The summed E-state index contributed by atoms with van der Waals surface area (Å²) in [5.41, 5.74) is 3.20. The fourth-order valence-corrected chi connectivity index (χ4v) is 5.07. The molecule has 4 heterocycles. The Balaban J connectivity index is 1.41. The largest absolute Gasteiger partial charge is 0.444 e. The number of carbonyl (C=O) groups excluding carboxylic acids is 1. The summed E-state index contributed by atoms with van der Waals surface area (Å²) in [5, 5.41) is 12.0. The molecule has 12 heteroatoms. The number of piperazine rings is 1. The number of hydrogen-bond donors (Lipinski definition) is 2. The maximum absolute atomic E-state index is 12.8. The van der Waals surface area contributed by atoms with Crippen molar-refractivity contribution in [2.24, 2.45) is 7.05 Å². The molecule has 0 unspecified atom stereocenters. The van der Waals surface area contributed by atoms with E-state index in [0.717, 1.165) is 40.5 Å². The van der Waals surface area contributed by atoms with E-state index in [1.54, 1.807) is 11.1 Å². The predicted molar refractivity (Wildman–Crippen MR) is 157 cm³/mol. The minimum absolute atomic E-state index is 0.0616. The van der Waals surface area contributed by atoms with E-state index in [9.17, 15) is 4.79 Å². The van der Waals surface area contributed by atoms with Crippen LogP contribution >= 0.6 is 11.6 Å². The third kappa shape index (κ3) is 6.24. The molecule has 1 aliphatic heterocycles. The maximum Gasteiger partial charge on any atom is 0.410 e. The lowest BCUT2D eigenvalue weighted by molar-refractivity contribution is 0.0159. The Morgan fingerprint density at radius 1 is 1.10 bits per heavy atom. The van der Waals surface area contributed by atoms with Crippen LogP contribution in [0, 0.1) is 13.8 Å². The number of amides is 1. The summed E-state index contributed by atoms with van der Waals surface area (Å²) in [7, 11) is 1.90.